The van der Waals surface area contributed by atoms with E-state index in [1.807, 2.05) is 0 Å². The highest BCUT2D eigenvalue weighted by molar-refractivity contribution is 4.98. The van der Waals surface area contributed by atoms with Crippen molar-refractivity contribution in [2.24, 2.45) is 11.3 Å². The van der Waals surface area contributed by atoms with Gasteiger partial charge in [-0.2, -0.15) is 0 Å². The number of fused-ring (bicyclic) bond motifs is 2. The van der Waals surface area contributed by atoms with Crippen LogP contribution in [0.3, 0.4) is 0 Å². The average molecular weight is 278 g/mol. The molecule has 2 aliphatic heterocycles. The molecule has 116 valence electrons. The molecule has 0 radical (unpaired) electrons. The van der Waals surface area contributed by atoms with E-state index in [0.29, 0.717) is 5.41 Å². The molecule has 4 unspecified atom stereocenters. The molecule has 4 atom stereocenters. The lowest BCUT2D eigenvalue weighted by Gasteiger charge is -2.48. The fourth-order valence-corrected chi connectivity index (χ4v) is 5.49. The highest BCUT2D eigenvalue weighted by atomic mass is 15.2. The second-order valence-corrected chi connectivity index (χ2v) is 8.55. The first-order chi connectivity index (χ1) is 9.48. The first kappa shape index (κ1) is 14.8. The number of hydrogen-bond donors (Lipinski definition) is 1. The topological polar surface area (TPSA) is 15.3 Å². The van der Waals surface area contributed by atoms with Crippen molar-refractivity contribution in [1.29, 1.82) is 0 Å². The molecule has 1 N–H and O–H groups in total. The number of piperidine rings is 1. The van der Waals surface area contributed by atoms with E-state index in [4.69, 9.17) is 0 Å². The third-order valence-corrected chi connectivity index (χ3v) is 6.36. The third-order valence-electron chi connectivity index (χ3n) is 6.36. The summed E-state index contributed by atoms with van der Waals surface area (Å²) in [6.07, 6.45) is 9.88. The van der Waals surface area contributed by atoms with Crippen LogP contribution < -0.4 is 5.32 Å². The van der Waals surface area contributed by atoms with E-state index in [-0.39, 0.29) is 0 Å². The van der Waals surface area contributed by atoms with Crippen molar-refractivity contribution < 1.29 is 0 Å². The van der Waals surface area contributed by atoms with Crippen LogP contribution in [0.1, 0.15) is 72.6 Å². The predicted molar refractivity (Wildman–Crippen MR) is 85.9 cm³/mol. The average Bonchev–Trinajstić information content (AvgIpc) is 2.71. The molecule has 2 heteroatoms. The smallest absolute Gasteiger partial charge is 0.0128 e. The molecule has 0 aromatic carbocycles. The Kier molecular flexibility index (Phi) is 4.16. The van der Waals surface area contributed by atoms with Crippen molar-refractivity contribution in [3.63, 3.8) is 0 Å². The van der Waals surface area contributed by atoms with Crippen LogP contribution in [0, 0.1) is 11.3 Å². The van der Waals surface area contributed by atoms with Crippen molar-refractivity contribution in [3.8, 4) is 0 Å². The maximum atomic E-state index is 3.80. The first-order valence-electron chi connectivity index (χ1n) is 9.00. The van der Waals surface area contributed by atoms with E-state index in [1.54, 1.807) is 0 Å². The Bertz CT molecular complexity index is 326. The van der Waals surface area contributed by atoms with E-state index < -0.39 is 0 Å². The van der Waals surface area contributed by atoms with Crippen LogP contribution in [0.5, 0.6) is 0 Å². The third kappa shape index (κ3) is 2.92. The summed E-state index contributed by atoms with van der Waals surface area (Å²) in [6, 6.07) is 3.34. The van der Waals surface area contributed by atoms with Crippen LogP contribution in [0.2, 0.25) is 0 Å². The van der Waals surface area contributed by atoms with Gasteiger partial charge in [0.1, 0.15) is 0 Å². The van der Waals surface area contributed by atoms with Crippen molar-refractivity contribution in [2.75, 3.05) is 6.54 Å². The molecule has 2 heterocycles. The zero-order chi connectivity index (χ0) is 14.3. The molecule has 0 amide bonds. The van der Waals surface area contributed by atoms with Gasteiger partial charge in [-0.05, 0) is 62.8 Å². The van der Waals surface area contributed by atoms with Crippen molar-refractivity contribution in [2.45, 2.75) is 96.8 Å². The summed E-state index contributed by atoms with van der Waals surface area (Å²) < 4.78 is 0. The van der Waals surface area contributed by atoms with Gasteiger partial charge in [0.25, 0.3) is 0 Å². The van der Waals surface area contributed by atoms with Crippen molar-refractivity contribution in [3.05, 3.63) is 0 Å². The molecule has 1 aliphatic carbocycles. The zero-order valence-electron chi connectivity index (χ0n) is 14.0. The van der Waals surface area contributed by atoms with Crippen LogP contribution in [0.25, 0.3) is 0 Å². The Balaban J connectivity index is 1.67. The van der Waals surface area contributed by atoms with E-state index >= 15 is 0 Å². The largest absolute Gasteiger partial charge is 0.311 e. The molecule has 0 spiro atoms. The summed E-state index contributed by atoms with van der Waals surface area (Å²) in [5, 5.41) is 3.80. The monoisotopic (exact) mass is 278 g/mol. The molecule has 0 aromatic rings. The fraction of sp³-hybridized carbons (Fsp3) is 1.00. The maximum absolute atomic E-state index is 3.80. The Morgan fingerprint density at radius 3 is 2.30 bits per heavy atom. The van der Waals surface area contributed by atoms with Crippen LogP contribution in [-0.2, 0) is 0 Å². The molecular formula is C18H34N2. The lowest BCUT2D eigenvalue weighted by molar-refractivity contribution is 0.0199. The quantitative estimate of drug-likeness (QED) is 0.844. The molecule has 3 rings (SSSR count). The Morgan fingerprint density at radius 2 is 1.75 bits per heavy atom. The number of hydrogen-bond acceptors (Lipinski definition) is 2. The van der Waals surface area contributed by atoms with E-state index in [1.165, 1.54) is 51.5 Å². The Labute approximate surface area is 125 Å². The molecule has 20 heavy (non-hydrogen) atoms. The Morgan fingerprint density at radius 1 is 1.10 bits per heavy atom. The van der Waals surface area contributed by atoms with Crippen molar-refractivity contribution >= 4 is 0 Å². The van der Waals surface area contributed by atoms with Crippen LogP contribution in [0.4, 0.5) is 0 Å². The molecule has 2 bridgehead atoms. The first-order valence-corrected chi connectivity index (χ1v) is 9.00. The summed E-state index contributed by atoms with van der Waals surface area (Å²) in [5.74, 6) is 0.867. The SMILES string of the molecule is CCN(C1CC2CCC(C1)N2)C1CCC(C)(C)CC1C. The number of nitrogens with zero attached hydrogens (tertiary/aromatic N) is 1. The molecule has 2 nitrogen and oxygen atoms in total. The minimum atomic E-state index is 0.572. The standard InChI is InChI=1S/C18H34N2/c1-5-20(16-10-14-6-7-15(11-16)19-14)17-8-9-18(3,4)12-13(17)2/h13-17,19H,5-12H2,1-4H3. The van der Waals surface area contributed by atoms with Gasteiger partial charge in [-0.15, -0.1) is 0 Å². The summed E-state index contributed by atoms with van der Waals surface area (Å²) in [4.78, 5) is 2.89. The highest BCUT2D eigenvalue weighted by Crippen LogP contribution is 2.42. The van der Waals surface area contributed by atoms with Crippen molar-refractivity contribution in [1.82, 2.24) is 10.2 Å². The van der Waals surface area contributed by atoms with E-state index in [9.17, 15) is 0 Å². The van der Waals surface area contributed by atoms with Gasteiger partial charge in [0.05, 0.1) is 0 Å². The minimum absolute atomic E-state index is 0.572. The second-order valence-electron chi connectivity index (χ2n) is 8.55. The van der Waals surface area contributed by atoms with Gasteiger partial charge in [-0.25, -0.2) is 0 Å². The lowest BCUT2D eigenvalue weighted by atomic mass is 9.69. The summed E-state index contributed by atoms with van der Waals surface area (Å²) >= 11 is 0. The van der Waals surface area contributed by atoms with E-state index in [2.05, 4.69) is 37.9 Å². The van der Waals surface area contributed by atoms with Crippen LogP contribution in [0.15, 0.2) is 0 Å². The lowest BCUT2D eigenvalue weighted by Crippen LogP contribution is -2.54. The number of rotatable bonds is 3. The number of nitrogens with one attached hydrogen (secondary N) is 1. The highest BCUT2D eigenvalue weighted by Gasteiger charge is 2.41. The van der Waals surface area contributed by atoms with Gasteiger partial charge in [-0.3, -0.25) is 4.90 Å². The van der Waals surface area contributed by atoms with Gasteiger partial charge < -0.3 is 5.32 Å². The van der Waals surface area contributed by atoms with Crippen LogP contribution in [-0.4, -0.2) is 35.6 Å². The molecule has 3 fully saturated rings. The van der Waals surface area contributed by atoms with Gasteiger partial charge in [0, 0.05) is 24.2 Å². The molecule has 1 saturated carbocycles. The predicted octanol–water partition coefficient (Wildman–Crippen LogP) is 3.81. The summed E-state index contributed by atoms with van der Waals surface area (Å²) in [7, 11) is 0. The Hall–Kier alpha value is -0.0800. The van der Waals surface area contributed by atoms with Gasteiger partial charge >= 0.3 is 0 Å². The van der Waals surface area contributed by atoms with Crippen LogP contribution >= 0.6 is 0 Å². The minimum Gasteiger partial charge on any atom is -0.311 e. The molecule has 2 saturated heterocycles. The van der Waals surface area contributed by atoms with Gasteiger partial charge in [0.2, 0.25) is 0 Å². The normalized spacial score (nSPS) is 44.0. The molecular weight excluding hydrogens is 244 g/mol. The second kappa shape index (κ2) is 5.61. The zero-order valence-corrected chi connectivity index (χ0v) is 14.0. The fourth-order valence-electron chi connectivity index (χ4n) is 5.49. The maximum Gasteiger partial charge on any atom is 0.0128 e. The van der Waals surface area contributed by atoms with Gasteiger partial charge in [-0.1, -0.05) is 27.7 Å². The summed E-state index contributed by atoms with van der Waals surface area (Å²) in [6.45, 7) is 11.1. The molecule has 3 aliphatic rings. The van der Waals surface area contributed by atoms with Gasteiger partial charge in [0.15, 0.2) is 0 Å². The summed E-state index contributed by atoms with van der Waals surface area (Å²) in [5.41, 5.74) is 0.572. The molecule has 0 aromatic heterocycles. The van der Waals surface area contributed by atoms with E-state index in [0.717, 1.165) is 30.1 Å².